The normalized spacial score (nSPS) is 11.7. The number of hydrogen-bond donors (Lipinski definition) is 3. The SMILES string of the molecule is CC(=O)Nc1ccccc1C(=O)N[C@@H](C/C=C/c1ccccc1)C(=O)O. The van der Waals surface area contributed by atoms with Gasteiger partial charge in [0.25, 0.3) is 5.91 Å². The van der Waals surface area contributed by atoms with Gasteiger partial charge in [0.2, 0.25) is 5.91 Å². The Morgan fingerprint density at radius 3 is 2.35 bits per heavy atom. The summed E-state index contributed by atoms with van der Waals surface area (Å²) < 4.78 is 0. The van der Waals surface area contributed by atoms with E-state index in [1.807, 2.05) is 30.3 Å². The summed E-state index contributed by atoms with van der Waals surface area (Å²) in [4.78, 5) is 35.1. The lowest BCUT2D eigenvalue weighted by atomic mass is 10.1. The number of hydrogen-bond acceptors (Lipinski definition) is 3. The first-order chi connectivity index (χ1) is 12.5. The molecule has 0 radical (unpaired) electrons. The van der Waals surface area contributed by atoms with Crippen LogP contribution < -0.4 is 10.6 Å². The summed E-state index contributed by atoms with van der Waals surface area (Å²) in [6.45, 7) is 1.34. The first-order valence-corrected chi connectivity index (χ1v) is 8.09. The molecule has 0 aromatic heterocycles. The Hall–Kier alpha value is -3.41. The van der Waals surface area contributed by atoms with Gasteiger partial charge in [0, 0.05) is 6.92 Å². The fourth-order valence-electron chi connectivity index (χ4n) is 2.34. The summed E-state index contributed by atoms with van der Waals surface area (Å²) in [7, 11) is 0. The van der Waals surface area contributed by atoms with E-state index in [0.29, 0.717) is 5.69 Å². The van der Waals surface area contributed by atoms with Gasteiger partial charge in [-0.25, -0.2) is 4.79 Å². The molecule has 2 rings (SSSR count). The number of nitrogens with one attached hydrogen (secondary N) is 2. The fourth-order valence-corrected chi connectivity index (χ4v) is 2.34. The minimum atomic E-state index is -1.13. The summed E-state index contributed by atoms with van der Waals surface area (Å²) in [6.07, 6.45) is 3.64. The van der Waals surface area contributed by atoms with Crippen LogP contribution in [0.1, 0.15) is 29.3 Å². The van der Waals surface area contributed by atoms with Crippen LogP contribution in [0.5, 0.6) is 0 Å². The molecule has 0 saturated heterocycles. The molecule has 0 heterocycles. The molecule has 0 fully saturated rings. The molecule has 6 nitrogen and oxygen atoms in total. The van der Waals surface area contributed by atoms with Crippen LogP contribution in [0.3, 0.4) is 0 Å². The highest BCUT2D eigenvalue weighted by Gasteiger charge is 2.21. The smallest absolute Gasteiger partial charge is 0.326 e. The quantitative estimate of drug-likeness (QED) is 0.714. The number of amides is 2. The highest BCUT2D eigenvalue weighted by molar-refractivity contribution is 6.04. The molecule has 0 aliphatic carbocycles. The van der Waals surface area contributed by atoms with Gasteiger partial charge in [-0.2, -0.15) is 0 Å². The van der Waals surface area contributed by atoms with Crippen molar-refractivity contribution in [3.8, 4) is 0 Å². The van der Waals surface area contributed by atoms with E-state index in [2.05, 4.69) is 10.6 Å². The van der Waals surface area contributed by atoms with E-state index in [4.69, 9.17) is 0 Å². The Morgan fingerprint density at radius 2 is 1.69 bits per heavy atom. The molecule has 2 amide bonds. The molecule has 0 saturated carbocycles. The van der Waals surface area contributed by atoms with Gasteiger partial charge in [-0.15, -0.1) is 0 Å². The number of carboxylic acid groups (broad SMARTS) is 1. The number of benzene rings is 2. The van der Waals surface area contributed by atoms with E-state index in [1.54, 1.807) is 30.4 Å². The van der Waals surface area contributed by atoms with E-state index in [9.17, 15) is 19.5 Å². The summed E-state index contributed by atoms with van der Waals surface area (Å²) in [5.74, 6) is -2.01. The van der Waals surface area contributed by atoms with Crippen molar-refractivity contribution < 1.29 is 19.5 Å². The molecule has 26 heavy (non-hydrogen) atoms. The van der Waals surface area contributed by atoms with Crippen LogP contribution >= 0.6 is 0 Å². The van der Waals surface area contributed by atoms with Gasteiger partial charge in [0.15, 0.2) is 0 Å². The van der Waals surface area contributed by atoms with Crippen molar-refractivity contribution >= 4 is 29.5 Å². The summed E-state index contributed by atoms with van der Waals surface area (Å²) in [5, 5.41) is 14.4. The Bertz CT molecular complexity index is 816. The Morgan fingerprint density at radius 1 is 1.04 bits per heavy atom. The van der Waals surface area contributed by atoms with Crippen LogP contribution in [0.4, 0.5) is 5.69 Å². The fraction of sp³-hybridized carbons (Fsp3) is 0.150. The average Bonchev–Trinajstić information content (AvgIpc) is 2.61. The zero-order chi connectivity index (χ0) is 18.9. The van der Waals surface area contributed by atoms with E-state index in [1.165, 1.54) is 13.0 Å². The van der Waals surface area contributed by atoms with Crippen molar-refractivity contribution in [2.75, 3.05) is 5.32 Å². The minimum Gasteiger partial charge on any atom is -0.480 e. The average molecular weight is 352 g/mol. The van der Waals surface area contributed by atoms with Gasteiger partial charge in [0.05, 0.1) is 11.3 Å². The van der Waals surface area contributed by atoms with Crippen LogP contribution in [-0.2, 0) is 9.59 Å². The van der Waals surface area contributed by atoms with Crippen LogP contribution in [0, 0.1) is 0 Å². The molecule has 0 bridgehead atoms. The molecule has 2 aromatic rings. The van der Waals surface area contributed by atoms with Crippen LogP contribution in [0.25, 0.3) is 6.08 Å². The maximum Gasteiger partial charge on any atom is 0.326 e. The number of anilines is 1. The Balaban J connectivity index is 2.08. The predicted octanol–water partition coefficient (Wildman–Crippen LogP) is 2.93. The lowest BCUT2D eigenvalue weighted by molar-refractivity contribution is -0.139. The topological polar surface area (TPSA) is 95.5 Å². The molecule has 0 aliphatic rings. The van der Waals surface area contributed by atoms with E-state index in [-0.39, 0.29) is 17.9 Å². The van der Waals surface area contributed by atoms with Crippen LogP contribution in [-0.4, -0.2) is 28.9 Å². The molecule has 1 atom stereocenters. The minimum absolute atomic E-state index is 0.137. The highest BCUT2D eigenvalue weighted by atomic mass is 16.4. The number of aliphatic carboxylic acids is 1. The summed E-state index contributed by atoms with van der Waals surface area (Å²) in [6, 6.07) is 14.8. The number of carbonyl (C=O) groups excluding carboxylic acids is 2. The Kier molecular flexibility index (Phi) is 6.68. The van der Waals surface area contributed by atoms with Crippen molar-refractivity contribution in [3.63, 3.8) is 0 Å². The van der Waals surface area contributed by atoms with Gasteiger partial charge in [-0.3, -0.25) is 9.59 Å². The molecule has 3 N–H and O–H groups in total. The number of para-hydroxylation sites is 1. The lowest BCUT2D eigenvalue weighted by Crippen LogP contribution is -2.40. The molecular weight excluding hydrogens is 332 g/mol. The maximum atomic E-state index is 12.4. The second-order valence-corrected chi connectivity index (χ2v) is 5.64. The van der Waals surface area contributed by atoms with Gasteiger partial charge >= 0.3 is 5.97 Å². The number of carbonyl (C=O) groups is 3. The predicted molar refractivity (Wildman–Crippen MR) is 99.7 cm³/mol. The zero-order valence-corrected chi connectivity index (χ0v) is 14.3. The van der Waals surface area contributed by atoms with Crippen LogP contribution in [0.2, 0.25) is 0 Å². The van der Waals surface area contributed by atoms with E-state index < -0.39 is 17.9 Å². The second kappa shape index (κ2) is 9.17. The van der Waals surface area contributed by atoms with Crippen molar-refractivity contribution in [2.45, 2.75) is 19.4 Å². The van der Waals surface area contributed by atoms with Crippen molar-refractivity contribution in [1.29, 1.82) is 0 Å². The molecule has 2 aromatic carbocycles. The first kappa shape index (κ1) is 18.9. The summed E-state index contributed by atoms with van der Waals surface area (Å²) in [5.41, 5.74) is 1.49. The largest absolute Gasteiger partial charge is 0.480 e. The van der Waals surface area contributed by atoms with E-state index in [0.717, 1.165) is 5.56 Å². The molecule has 0 aliphatic heterocycles. The van der Waals surface area contributed by atoms with Crippen molar-refractivity contribution in [2.24, 2.45) is 0 Å². The monoisotopic (exact) mass is 352 g/mol. The zero-order valence-electron chi connectivity index (χ0n) is 14.3. The third-order valence-electron chi connectivity index (χ3n) is 3.57. The van der Waals surface area contributed by atoms with Gasteiger partial charge in [-0.1, -0.05) is 54.6 Å². The standard InChI is InChI=1S/C20H20N2O4/c1-14(23)21-17-12-6-5-11-16(17)19(24)22-18(20(25)26)13-7-10-15-8-3-2-4-9-15/h2-12,18H,13H2,1H3,(H,21,23)(H,22,24)(H,25,26)/b10-7+/t18-/m0/s1. The van der Waals surface area contributed by atoms with E-state index >= 15 is 0 Å². The van der Waals surface area contributed by atoms with Crippen molar-refractivity contribution in [1.82, 2.24) is 5.32 Å². The third kappa shape index (κ3) is 5.59. The van der Waals surface area contributed by atoms with Crippen molar-refractivity contribution in [3.05, 3.63) is 71.8 Å². The lowest BCUT2D eigenvalue weighted by Gasteiger charge is -2.15. The molecule has 134 valence electrons. The summed E-state index contributed by atoms with van der Waals surface area (Å²) >= 11 is 0. The van der Waals surface area contributed by atoms with Gasteiger partial charge < -0.3 is 15.7 Å². The first-order valence-electron chi connectivity index (χ1n) is 8.09. The number of rotatable bonds is 7. The molecular formula is C20H20N2O4. The van der Waals surface area contributed by atoms with Crippen LogP contribution in [0.15, 0.2) is 60.7 Å². The maximum absolute atomic E-state index is 12.4. The van der Waals surface area contributed by atoms with Gasteiger partial charge in [-0.05, 0) is 24.1 Å². The Labute approximate surface area is 151 Å². The number of carboxylic acids is 1. The highest BCUT2D eigenvalue weighted by Crippen LogP contribution is 2.15. The second-order valence-electron chi connectivity index (χ2n) is 5.64. The van der Waals surface area contributed by atoms with Gasteiger partial charge in [0.1, 0.15) is 6.04 Å². The molecule has 6 heteroatoms. The third-order valence-corrected chi connectivity index (χ3v) is 3.57. The molecule has 0 spiro atoms. The molecule has 0 unspecified atom stereocenters.